The number of aliphatic hydroxyl groups excluding tert-OH is 1. The molecule has 1 saturated heterocycles. The lowest BCUT2D eigenvalue weighted by atomic mass is 10.1. The lowest BCUT2D eigenvalue weighted by Gasteiger charge is -2.20. The lowest BCUT2D eigenvalue weighted by Crippen LogP contribution is -2.47. The van der Waals surface area contributed by atoms with Crippen LogP contribution in [0, 0.1) is 10.7 Å². The van der Waals surface area contributed by atoms with Crippen molar-refractivity contribution in [3.63, 3.8) is 0 Å². The zero-order valence-electron chi connectivity index (χ0n) is 12.7. The van der Waals surface area contributed by atoms with Crippen LogP contribution in [0.15, 0.2) is 21.1 Å². The van der Waals surface area contributed by atoms with E-state index >= 15 is 0 Å². The molecule has 138 valence electrons. The molecule has 0 aliphatic carbocycles. The van der Waals surface area contributed by atoms with Crippen LogP contribution in [0.4, 0.5) is 9.18 Å². The molecule has 1 aromatic heterocycles. The fourth-order valence-electron chi connectivity index (χ4n) is 2.39. The third kappa shape index (κ3) is 4.21. The van der Waals surface area contributed by atoms with Crippen LogP contribution in [0.5, 0.6) is 0 Å². The molecule has 3 N–H and O–H groups in total. The van der Waals surface area contributed by atoms with Crippen molar-refractivity contribution < 1.29 is 19.0 Å². The van der Waals surface area contributed by atoms with Gasteiger partial charge in [0, 0.05) is 12.3 Å². The van der Waals surface area contributed by atoms with Gasteiger partial charge in [0.15, 0.2) is 0 Å². The first-order valence-corrected chi connectivity index (χ1v) is 7.69. The summed E-state index contributed by atoms with van der Waals surface area (Å²) in [6.07, 6.45) is -1.29. The summed E-state index contributed by atoms with van der Waals surface area (Å²) >= 11 is 5.45. The molecule has 1 aliphatic rings. The first-order valence-electron chi connectivity index (χ1n) is 7.15. The maximum Gasteiger partial charge on any atom is 0.340 e. The van der Waals surface area contributed by atoms with Gasteiger partial charge in [0.1, 0.15) is 12.3 Å². The highest BCUT2D eigenvalue weighted by Gasteiger charge is 2.38. The third-order valence-corrected chi connectivity index (χ3v) is 3.76. The molecule has 1 fully saturated rings. The van der Waals surface area contributed by atoms with E-state index in [4.69, 9.17) is 16.3 Å². The zero-order chi connectivity index (χ0) is 18.6. The smallest absolute Gasteiger partial charge is 0.340 e. The normalized spacial score (nSPS) is 22.6. The minimum atomic E-state index is -1.19. The first-order chi connectivity index (χ1) is 11.9. The summed E-state index contributed by atoms with van der Waals surface area (Å²) in [5.41, 5.74) is -2.07. The van der Waals surface area contributed by atoms with Gasteiger partial charge in [0.2, 0.25) is 5.82 Å². The van der Waals surface area contributed by atoms with E-state index in [2.05, 4.69) is 10.6 Å². The number of alkyl halides is 1. The van der Waals surface area contributed by atoms with Crippen molar-refractivity contribution in [1.29, 1.82) is 0 Å². The summed E-state index contributed by atoms with van der Waals surface area (Å²) in [6.45, 7) is -0.631. The molecule has 3 atom stereocenters. The highest BCUT2D eigenvalue weighted by atomic mass is 35.5. The van der Waals surface area contributed by atoms with Crippen molar-refractivity contribution in [2.45, 2.75) is 24.8 Å². The van der Waals surface area contributed by atoms with Crippen molar-refractivity contribution in [3.05, 3.63) is 37.8 Å². The number of aromatic nitrogens is 2. The van der Waals surface area contributed by atoms with E-state index in [1.807, 2.05) is 0 Å². The second-order valence-corrected chi connectivity index (χ2v) is 5.52. The molecule has 0 saturated carbocycles. The molecule has 2 amide bonds. The van der Waals surface area contributed by atoms with Crippen LogP contribution in [0.1, 0.15) is 12.6 Å². The minimum Gasteiger partial charge on any atom is -0.394 e. The Morgan fingerprint density at radius 2 is 2.32 bits per heavy atom. The van der Waals surface area contributed by atoms with Crippen LogP contribution < -0.4 is 16.6 Å². The molecule has 2 heterocycles. The molecule has 0 spiro atoms. The van der Waals surface area contributed by atoms with Crippen molar-refractivity contribution in [1.82, 2.24) is 19.9 Å². The Morgan fingerprint density at radius 1 is 1.60 bits per heavy atom. The highest BCUT2D eigenvalue weighted by molar-refractivity contribution is 6.18. The predicted molar refractivity (Wildman–Crippen MR) is 82.4 cm³/mol. The van der Waals surface area contributed by atoms with Crippen molar-refractivity contribution in [2.24, 2.45) is 5.29 Å². The Hall–Kier alpha value is -2.31. The molecular formula is C12H15ClFN5O6. The van der Waals surface area contributed by atoms with Crippen LogP contribution in [-0.2, 0) is 4.74 Å². The lowest BCUT2D eigenvalue weighted by molar-refractivity contribution is -0.0290. The van der Waals surface area contributed by atoms with Gasteiger partial charge in [-0.15, -0.1) is 16.5 Å². The van der Waals surface area contributed by atoms with Gasteiger partial charge in [-0.05, 0) is 0 Å². The summed E-state index contributed by atoms with van der Waals surface area (Å²) < 4.78 is 19.6. The van der Waals surface area contributed by atoms with E-state index in [0.717, 1.165) is 4.57 Å². The molecular weight excluding hydrogens is 365 g/mol. The quantitative estimate of drug-likeness (QED) is 0.337. The number of halogens is 2. The van der Waals surface area contributed by atoms with Crippen LogP contribution in [0.2, 0.25) is 0 Å². The van der Waals surface area contributed by atoms with E-state index in [1.165, 1.54) is 0 Å². The molecule has 0 bridgehead atoms. The van der Waals surface area contributed by atoms with Crippen molar-refractivity contribution in [3.8, 4) is 0 Å². The number of aromatic amines is 1. The minimum absolute atomic E-state index is 0.0154. The summed E-state index contributed by atoms with van der Waals surface area (Å²) in [6, 6.07) is -1.65. The molecule has 2 rings (SSSR count). The number of hydrogen-bond acceptors (Lipinski definition) is 7. The van der Waals surface area contributed by atoms with E-state index in [1.54, 1.807) is 4.98 Å². The van der Waals surface area contributed by atoms with Crippen LogP contribution in [0.25, 0.3) is 0 Å². The number of nitrogens with zero attached hydrogens (tertiary/aromatic N) is 3. The van der Waals surface area contributed by atoms with Crippen molar-refractivity contribution in [2.75, 3.05) is 19.0 Å². The van der Waals surface area contributed by atoms with Crippen molar-refractivity contribution >= 4 is 17.6 Å². The summed E-state index contributed by atoms with van der Waals surface area (Å²) in [5, 5.41) is 14.9. The molecule has 1 aromatic rings. The van der Waals surface area contributed by atoms with E-state index in [9.17, 15) is 28.8 Å². The second kappa shape index (κ2) is 8.18. The molecule has 25 heavy (non-hydrogen) atoms. The number of nitroso groups, excluding NO2 is 1. The molecule has 1 aliphatic heterocycles. The van der Waals surface area contributed by atoms with E-state index in [-0.39, 0.29) is 18.8 Å². The van der Waals surface area contributed by atoms with Gasteiger partial charge < -0.3 is 15.2 Å². The highest BCUT2D eigenvalue weighted by Crippen LogP contribution is 2.27. The Kier molecular flexibility index (Phi) is 6.22. The largest absolute Gasteiger partial charge is 0.394 e. The number of H-pyrrole nitrogens is 1. The Balaban J connectivity index is 2.16. The second-order valence-electron chi connectivity index (χ2n) is 5.14. The molecule has 1 unspecified atom stereocenters. The van der Waals surface area contributed by atoms with Gasteiger partial charge in [-0.1, -0.05) is 0 Å². The SMILES string of the molecule is O=NN(CCCl)C(=O)NC1C[C@H](n2cc(F)c(=O)[nH]c2=O)O[C@@H]1CO. The van der Waals surface area contributed by atoms with Crippen LogP contribution in [-0.4, -0.2) is 56.9 Å². The van der Waals surface area contributed by atoms with Gasteiger partial charge in [-0.3, -0.25) is 14.3 Å². The maximum atomic E-state index is 13.4. The van der Waals surface area contributed by atoms with E-state index in [0.29, 0.717) is 11.2 Å². The predicted octanol–water partition coefficient (Wildman–Crippen LogP) is -0.744. The van der Waals surface area contributed by atoms with Gasteiger partial charge in [0.05, 0.1) is 30.7 Å². The Labute approximate surface area is 144 Å². The number of amides is 2. The third-order valence-electron chi connectivity index (χ3n) is 3.59. The summed E-state index contributed by atoms with van der Waals surface area (Å²) in [4.78, 5) is 47.2. The number of rotatable bonds is 6. The number of ether oxygens (including phenoxy) is 1. The fraction of sp³-hybridized carbons (Fsp3) is 0.583. The fourth-order valence-corrected chi connectivity index (χ4v) is 2.55. The monoisotopic (exact) mass is 379 g/mol. The molecule has 0 radical (unpaired) electrons. The number of carbonyl (C=O) groups excluding carboxylic acids is 1. The van der Waals surface area contributed by atoms with Crippen LogP contribution >= 0.6 is 11.6 Å². The number of hydrogen-bond donors (Lipinski definition) is 3. The van der Waals surface area contributed by atoms with Gasteiger partial charge in [-0.2, -0.15) is 9.40 Å². The van der Waals surface area contributed by atoms with Gasteiger partial charge >= 0.3 is 11.7 Å². The summed E-state index contributed by atoms with van der Waals surface area (Å²) in [7, 11) is 0. The van der Waals surface area contributed by atoms with E-state index < -0.39 is 48.1 Å². The maximum absolute atomic E-state index is 13.4. The molecule has 11 nitrogen and oxygen atoms in total. The zero-order valence-corrected chi connectivity index (χ0v) is 13.5. The average molecular weight is 380 g/mol. The molecule has 0 aromatic carbocycles. The van der Waals surface area contributed by atoms with Gasteiger partial charge in [0.25, 0.3) is 5.56 Å². The van der Waals surface area contributed by atoms with Crippen LogP contribution in [0.3, 0.4) is 0 Å². The van der Waals surface area contributed by atoms with Gasteiger partial charge in [-0.25, -0.2) is 9.59 Å². The number of urea groups is 1. The Bertz CT molecular complexity index is 754. The number of carbonyl (C=O) groups is 1. The number of nitrogens with one attached hydrogen (secondary N) is 2. The topological polar surface area (TPSA) is 146 Å². The summed E-state index contributed by atoms with van der Waals surface area (Å²) in [5.74, 6) is -1.20. The first kappa shape index (κ1) is 19.0. The number of aliphatic hydroxyl groups is 1. The standard InChI is InChI=1S/C12H15ClFN5O6/c13-1-2-19(17-24)12(23)15-7-3-9(25-8(7)5-20)18-4-6(14)10(21)16-11(18)22/h4,7-9,20H,1-3,5H2,(H,15,23)(H,16,21,22)/t7?,8-,9-/m1/s1. The molecule has 13 heteroatoms. The Morgan fingerprint density at radius 3 is 2.92 bits per heavy atom. The average Bonchev–Trinajstić information content (AvgIpc) is 2.98.